The highest BCUT2D eigenvalue weighted by Gasteiger charge is 2.09. The zero-order chi connectivity index (χ0) is 15.1. The van der Waals surface area contributed by atoms with Crippen molar-refractivity contribution in [3.63, 3.8) is 0 Å². The number of hydrogen-bond acceptors (Lipinski definition) is 3. The van der Waals surface area contributed by atoms with Gasteiger partial charge in [-0.25, -0.2) is 0 Å². The number of phenols is 1. The van der Waals surface area contributed by atoms with Gasteiger partial charge in [0.05, 0.1) is 11.6 Å². The fourth-order valence-corrected chi connectivity index (χ4v) is 2.60. The summed E-state index contributed by atoms with van der Waals surface area (Å²) in [6, 6.07) is 4.28. The van der Waals surface area contributed by atoms with Crippen LogP contribution in [0.5, 0.6) is 11.5 Å². The molecule has 0 spiro atoms. The molecule has 0 amide bonds. The second kappa shape index (κ2) is 8.53. The summed E-state index contributed by atoms with van der Waals surface area (Å²) in [6.45, 7) is 7.52. The first kappa shape index (κ1) is 17.3. The third-order valence-electron chi connectivity index (χ3n) is 3.38. The number of benzene rings is 1. The third kappa shape index (κ3) is 5.71. The van der Waals surface area contributed by atoms with Crippen LogP contribution in [-0.2, 0) is 6.54 Å². The lowest BCUT2D eigenvalue weighted by molar-refractivity contribution is 0.371. The average Bonchev–Trinajstić information content (AvgIpc) is 2.39. The number of hydrogen-bond donors (Lipinski definition) is 2. The number of halogens is 1. The number of rotatable bonds is 8. The summed E-state index contributed by atoms with van der Waals surface area (Å²) in [5, 5.41) is 13.3. The Bertz CT molecular complexity index is 421. The molecule has 1 atom stereocenters. The van der Waals surface area contributed by atoms with Crippen LogP contribution in [0.2, 0.25) is 0 Å². The second-order valence-electron chi connectivity index (χ2n) is 5.74. The van der Waals surface area contributed by atoms with Crippen molar-refractivity contribution in [3.05, 3.63) is 22.2 Å². The molecule has 0 aromatic heterocycles. The second-order valence-corrected chi connectivity index (χ2v) is 6.59. The average molecular weight is 344 g/mol. The maximum absolute atomic E-state index is 9.78. The predicted octanol–water partition coefficient (Wildman–Crippen LogP) is 4.47. The summed E-state index contributed by atoms with van der Waals surface area (Å²) >= 11 is 3.34. The fraction of sp³-hybridized carbons (Fsp3) is 0.625. The number of aromatic hydroxyl groups is 1. The largest absolute Gasteiger partial charge is 0.503 e. The summed E-state index contributed by atoms with van der Waals surface area (Å²) in [4.78, 5) is 0. The van der Waals surface area contributed by atoms with Gasteiger partial charge in [-0.05, 0) is 52.9 Å². The quantitative estimate of drug-likeness (QED) is 0.731. The zero-order valence-corrected chi connectivity index (χ0v) is 14.5. The van der Waals surface area contributed by atoms with Crippen LogP contribution in [0.4, 0.5) is 0 Å². The molecular formula is C16H26BrNO2. The SMILES string of the molecule is COc1cc(CNC(C)CCCC(C)C)cc(Br)c1O. The van der Waals surface area contributed by atoms with Crippen LogP contribution in [0.25, 0.3) is 0 Å². The summed E-state index contributed by atoms with van der Waals surface area (Å²) < 4.78 is 5.82. The van der Waals surface area contributed by atoms with E-state index in [2.05, 4.69) is 42.0 Å². The molecule has 3 nitrogen and oxygen atoms in total. The first-order chi connectivity index (χ1) is 9.43. The van der Waals surface area contributed by atoms with Gasteiger partial charge >= 0.3 is 0 Å². The molecule has 0 aliphatic rings. The van der Waals surface area contributed by atoms with Gasteiger partial charge in [0.25, 0.3) is 0 Å². The standard InChI is InChI=1S/C16H26BrNO2/c1-11(2)6-5-7-12(3)18-10-13-8-14(17)16(19)15(9-13)20-4/h8-9,11-12,18-19H,5-7,10H2,1-4H3. The van der Waals surface area contributed by atoms with Crippen molar-refractivity contribution in [2.45, 2.75) is 52.6 Å². The number of nitrogens with one attached hydrogen (secondary N) is 1. The lowest BCUT2D eigenvalue weighted by Crippen LogP contribution is -2.25. The highest BCUT2D eigenvalue weighted by atomic mass is 79.9. The van der Waals surface area contributed by atoms with Gasteiger partial charge in [0.1, 0.15) is 0 Å². The highest BCUT2D eigenvalue weighted by molar-refractivity contribution is 9.10. The molecule has 1 aromatic rings. The van der Waals surface area contributed by atoms with Crippen LogP contribution in [-0.4, -0.2) is 18.3 Å². The van der Waals surface area contributed by atoms with Crippen molar-refractivity contribution < 1.29 is 9.84 Å². The summed E-state index contributed by atoms with van der Waals surface area (Å²) in [5.41, 5.74) is 1.10. The normalized spacial score (nSPS) is 12.7. The Hall–Kier alpha value is -0.740. The molecule has 20 heavy (non-hydrogen) atoms. The molecule has 4 heteroatoms. The van der Waals surface area contributed by atoms with E-state index in [1.807, 2.05) is 12.1 Å². The predicted molar refractivity (Wildman–Crippen MR) is 87.3 cm³/mol. The Morgan fingerprint density at radius 1 is 1.25 bits per heavy atom. The van der Waals surface area contributed by atoms with Gasteiger partial charge in [-0.1, -0.05) is 26.7 Å². The van der Waals surface area contributed by atoms with E-state index in [-0.39, 0.29) is 5.75 Å². The third-order valence-corrected chi connectivity index (χ3v) is 3.99. The molecule has 114 valence electrons. The van der Waals surface area contributed by atoms with E-state index in [1.54, 1.807) is 7.11 Å². The van der Waals surface area contributed by atoms with Gasteiger partial charge in [0.15, 0.2) is 11.5 Å². The Balaban J connectivity index is 2.47. The number of phenolic OH excluding ortho intramolecular Hbond substituents is 1. The number of ether oxygens (including phenoxy) is 1. The van der Waals surface area contributed by atoms with Gasteiger partial charge in [0, 0.05) is 12.6 Å². The van der Waals surface area contributed by atoms with Crippen LogP contribution in [0, 0.1) is 5.92 Å². The van der Waals surface area contributed by atoms with E-state index in [4.69, 9.17) is 4.74 Å². The van der Waals surface area contributed by atoms with Crippen LogP contribution < -0.4 is 10.1 Å². The lowest BCUT2D eigenvalue weighted by Gasteiger charge is -2.15. The molecule has 0 radical (unpaired) electrons. The van der Waals surface area contributed by atoms with Crippen molar-refractivity contribution in [2.75, 3.05) is 7.11 Å². The van der Waals surface area contributed by atoms with E-state index in [0.717, 1.165) is 18.0 Å². The smallest absolute Gasteiger partial charge is 0.172 e. The molecule has 1 unspecified atom stereocenters. The van der Waals surface area contributed by atoms with Crippen molar-refractivity contribution >= 4 is 15.9 Å². The van der Waals surface area contributed by atoms with Crippen molar-refractivity contribution in [3.8, 4) is 11.5 Å². The molecule has 0 saturated heterocycles. The maximum atomic E-state index is 9.78. The Labute approximate surface area is 130 Å². The topological polar surface area (TPSA) is 41.5 Å². The molecule has 0 fully saturated rings. The van der Waals surface area contributed by atoms with E-state index in [9.17, 15) is 5.11 Å². The van der Waals surface area contributed by atoms with Gasteiger partial charge < -0.3 is 15.2 Å². The van der Waals surface area contributed by atoms with Crippen LogP contribution in [0.3, 0.4) is 0 Å². The summed E-state index contributed by atoms with van der Waals surface area (Å²) in [5.74, 6) is 1.43. The minimum atomic E-state index is 0.154. The maximum Gasteiger partial charge on any atom is 0.172 e. The Morgan fingerprint density at radius 3 is 2.55 bits per heavy atom. The molecule has 2 N–H and O–H groups in total. The van der Waals surface area contributed by atoms with Crippen LogP contribution >= 0.6 is 15.9 Å². The van der Waals surface area contributed by atoms with E-state index in [1.165, 1.54) is 19.3 Å². The zero-order valence-electron chi connectivity index (χ0n) is 12.9. The molecule has 0 heterocycles. The molecule has 0 aliphatic heterocycles. The minimum Gasteiger partial charge on any atom is -0.503 e. The van der Waals surface area contributed by atoms with E-state index in [0.29, 0.717) is 16.3 Å². The molecule has 0 bridgehead atoms. The van der Waals surface area contributed by atoms with E-state index < -0.39 is 0 Å². The van der Waals surface area contributed by atoms with Crippen molar-refractivity contribution in [1.29, 1.82) is 0 Å². The summed E-state index contributed by atoms with van der Waals surface area (Å²) in [7, 11) is 1.56. The van der Waals surface area contributed by atoms with Crippen molar-refractivity contribution in [1.82, 2.24) is 5.32 Å². The molecule has 1 rings (SSSR count). The van der Waals surface area contributed by atoms with Crippen LogP contribution in [0.1, 0.15) is 45.6 Å². The van der Waals surface area contributed by atoms with Gasteiger partial charge in [0.2, 0.25) is 0 Å². The molecule has 0 aliphatic carbocycles. The van der Waals surface area contributed by atoms with Crippen molar-refractivity contribution in [2.24, 2.45) is 5.92 Å². The Kier molecular flexibility index (Phi) is 7.38. The monoisotopic (exact) mass is 343 g/mol. The van der Waals surface area contributed by atoms with Gasteiger partial charge in [-0.15, -0.1) is 0 Å². The fourth-order valence-electron chi connectivity index (χ4n) is 2.11. The minimum absolute atomic E-state index is 0.154. The number of methoxy groups -OCH3 is 1. The van der Waals surface area contributed by atoms with E-state index >= 15 is 0 Å². The summed E-state index contributed by atoms with van der Waals surface area (Å²) in [6.07, 6.45) is 3.73. The molecular weight excluding hydrogens is 318 g/mol. The first-order valence-electron chi connectivity index (χ1n) is 7.22. The van der Waals surface area contributed by atoms with Gasteiger partial charge in [-0.2, -0.15) is 0 Å². The Morgan fingerprint density at radius 2 is 1.95 bits per heavy atom. The van der Waals surface area contributed by atoms with Gasteiger partial charge in [-0.3, -0.25) is 0 Å². The first-order valence-corrected chi connectivity index (χ1v) is 8.02. The van der Waals surface area contributed by atoms with Crippen LogP contribution in [0.15, 0.2) is 16.6 Å². The molecule has 1 aromatic carbocycles. The lowest BCUT2D eigenvalue weighted by atomic mass is 10.0. The highest BCUT2D eigenvalue weighted by Crippen LogP contribution is 2.35. The molecule has 0 saturated carbocycles.